The van der Waals surface area contributed by atoms with Gasteiger partial charge < -0.3 is 4.57 Å². The van der Waals surface area contributed by atoms with Crippen molar-refractivity contribution in [1.82, 2.24) is 24.1 Å². The number of nitrogens with one attached hydrogen (secondary N) is 1. The van der Waals surface area contributed by atoms with Crippen molar-refractivity contribution in [1.29, 1.82) is 0 Å². The first-order valence-corrected chi connectivity index (χ1v) is 12.3. The number of thiazole rings is 1. The molecule has 0 unspecified atom stereocenters. The number of unbranched alkanes of at least 4 members (excludes halogenated alkanes) is 1. The van der Waals surface area contributed by atoms with Gasteiger partial charge in [0, 0.05) is 25.2 Å². The first-order chi connectivity index (χ1) is 15.3. The molecule has 0 bridgehead atoms. The van der Waals surface area contributed by atoms with Gasteiger partial charge in [0.05, 0.1) is 11.4 Å². The first kappa shape index (κ1) is 22.0. The summed E-state index contributed by atoms with van der Waals surface area (Å²) in [7, 11) is -2.32. The minimum absolute atomic E-state index is 0.117. The van der Waals surface area contributed by atoms with Crippen molar-refractivity contribution in [2.75, 3.05) is 4.31 Å². The monoisotopic (exact) mass is 474 g/mol. The SMILES string of the molecule is CCCCn1c(=O)[nH]c(=O)c2c1nc(CN(c1nccs1)S(=O)(=O)c1ccccc1)n2C. The number of aromatic amines is 1. The van der Waals surface area contributed by atoms with Crippen LogP contribution in [0.5, 0.6) is 0 Å². The molecule has 0 saturated heterocycles. The highest BCUT2D eigenvalue weighted by atomic mass is 32.2. The zero-order valence-corrected chi connectivity index (χ0v) is 19.2. The molecule has 0 aliphatic rings. The highest BCUT2D eigenvalue weighted by Crippen LogP contribution is 2.27. The zero-order valence-electron chi connectivity index (χ0n) is 17.6. The molecule has 10 nitrogen and oxygen atoms in total. The maximum absolute atomic E-state index is 13.4. The van der Waals surface area contributed by atoms with Crippen LogP contribution in [-0.4, -0.2) is 32.5 Å². The van der Waals surface area contributed by atoms with Crippen LogP contribution in [-0.2, 0) is 30.2 Å². The molecule has 32 heavy (non-hydrogen) atoms. The van der Waals surface area contributed by atoms with Gasteiger partial charge in [-0.15, -0.1) is 11.3 Å². The Hall–Kier alpha value is -3.25. The van der Waals surface area contributed by atoms with Crippen LogP contribution in [0.3, 0.4) is 0 Å². The number of fused-ring (bicyclic) bond motifs is 1. The van der Waals surface area contributed by atoms with Gasteiger partial charge in [-0.25, -0.2) is 27.5 Å². The van der Waals surface area contributed by atoms with Gasteiger partial charge >= 0.3 is 5.69 Å². The fraction of sp³-hybridized carbons (Fsp3) is 0.300. The summed E-state index contributed by atoms with van der Waals surface area (Å²) in [4.78, 5) is 36.0. The molecule has 1 aromatic carbocycles. The summed E-state index contributed by atoms with van der Waals surface area (Å²) in [6, 6.07) is 8.05. The summed E-state index contributed by atoms with van der Waals surface area (Å²) in [6.07, 6.45) is 3.12. The third-order valence-corrected chi connectivity index (χ3v) is 7.75. The molecule has 4 aromatic rings. The molecule has 3 heterocycles. The highest BCUT2D eigenvalue weighted by molar-refractivity contribution is 7.93. The summed E-state index contributed by atoms with van der Waals surface area (Å²) in [6.45, 7) is 2.24. The van der Waals surface area contributed by atoms with Crippen LogP contribution >= 0.6 is 11.3 Å². The molecule has 0 aliphatic heterocycles. The van der Waals surface area contributed by atoms with Gasteiger partial charge in [0.2, 0.25) is 0 Å². The van der Waals surface area contributed by atoms with Crippen molar-refractivity contribution in [2.45, 2.75) is 37.8 Å². The molecule has 168 valence electrons. The van der Waals surface area contributed by atoms with E-state index in [2.05, 4.69) is 15.0 Å². The number of hydrogen-bond donors (Lipinski definition) is 1. The number of benzene rings is 1. The molecule has 0 atom stereocenters. The van der Waals surface area contributed by atoms with E-state index in [0.29, 0.717) is 12.4 Å². The van der Waals surface area contributed by atoms with E-state index < -0.39 is 21.3 Å². The van der Waals surface area contributed by atoms with E-state index in [0.717, 1.165) is 17.1 Å². The predicted molar refractivity (Wildman–Crippen MR) is 122 cm³/mol. The molecule has 0 amide bonds. The van der Waals surface area contributed by atoms with Crippen molar-refractivity contribution in [3.8, 4) is 0 Å². The smallest absolute Gasteiger partial charge is 0.324 e. The summed E-state index contributed by atoms with van der Waals surface area (Å²) < 4.78 is 31.0. The molecule has 1 N–H and O–H groups in total. The Morgan fingerprint density at radius 1 is 1.19 bits per heavy atom. The number of aryl methyl sites for hydroxylation is 2. The number of rotatable bonds is 8. The second-order valence-corrected chi connectivity index (χ2v) is 9.90. The zero-order chi connectivity index (χ0) is 22.9. The third-order valence-electron chi connectivity index (χ3n) is 5.09. The van der Waals surface area contributed by atoms with E-state index in [1.54, 1.807) is 30.6 Å². The van der Waals surface area contributed by atoms with Gasteiger partial charge in [0.15, 0.2) is 16.3 Å². The standard InChI is InChI=1S/C20H22N6O4S2/c1-3-4-11-25-17-16(18(27)23-19(25)28)24(2)15(22-17)13-26(20-21-10-12-31-20)32(29,30)14-8-6-5-7-9-14/h5-10,12H,3-4,11,13H2,1-2H3,(H,23,27,28). The lowest BCUT2D eigenvalue weighted by molar-refractivity contribution is 0.588. The van der Waals surface area contributed by atoms with Crippen LogP contribution in [0.2, 0.25) is 0 Å². The number of anilines is 1. The van der Waals surface area contributed by atoms with Crippen molar-refractivity contribution in [3.05, 3.63) is 68.6 Å². The minimum atomic E-state index is -3.95. The van der Waals surface area contributed by atoms with Gasteiger partial charge in [-0.1, -0.05) is 31.5 Å². The van der Waals surface area contributed by atoms with Crippen LogP contribution in [0, 0.1) is 0 Å². The van der Waals surface area contributed by atoms with Crippen LogP contribution < -0.4 is 15.6 Å². The second kappa shape index (κ2) is 8.71. The van der Waals surface area contributed by atoms with Gasteiger partial charge in [-0.2, -0.15) is 0 Å². The number of hydrogen-bond acceptors (Lipinski definition) is 7. The third kappa shape index (κ3) is 3.86. The van der Waals surface area contributed by atoms with E-state index in [4.69, 9.17) is 0 Å². The number of nitrogens with zero attached hydrogens (tertiary/aromatic N) is 5. The van der Waals surface area contributed by atoms with Crippen LogP contribution in [0.15, 0.2) is 56.4 Å². The molecule has 12 heteroatoms. The van der Waals surface area contributed by atoms with Gasteiger partial charge in [0.25, 0.3) is 15.6 Å². The lowest BCUT2D eigenvalue weighted by Crippen LogP contribution is -2.31. The first-order valence-electron chi connectivity index (χ1n) is 10.00. The van der Waals surface area contributed by atoms with E-state index in [9.17, 15) is 18.0 Å². The van der Waals surface area contributed by atoms with E-state index in [1.165, 1.54) is 38.8 Å². The Morgan fingerprint density at radius 2 is 1.94 bits per heavy atom. The minimum Gasteiger partial charge on any atom is -0.324 e. The highest BCUT2D eigenvalue weighted by Gasteiger charge is 2.29. The Bertz CT molecular complexity index is 1450. The lowest BCUT2D eigenvalue weighted by atomic mass is 10.3. The van der Waals surface area contributed by atoms with E-state index in [-0.39, 0.29) is 27.7 Å². The van der Waals surface area contributed by atoms with E-state index in [1.807, 2.05) is 6.92 Å². The number of aromatic nitrogens is 5. The maximum atomic E-state index is 13.4. The number of H-pyrrole nitrogens is 1. The average Bonchev–Trinajstić information content (AvgIpc) is 3.41. The van der Waals surface area contributed by atoms with Crippen LogP contribution in [0.1, 0.15) is 25.6 Å². The fourth-order valence-corrected chi connectivity index (χ4v) is 5.66. The maximum Gasteiger partial charge on any atom is 0.330 e. The second-order valence-electron chi connectivity index (χ2n) is 7.16. The lowest BCUT2D eigenvalue weighted by Gasteiger charge is -2.21. The van der Waals surface area contributed by atoms with Crippen molar-refractivity contribution in [3.63, 3.8) is 0 Å². The largest absolute Gasteiger partial charge is 0.330 e. The number of imidazole rings is 1. The van der Waals surface area contributed by atoms with Crippen molar-refractivity contribution in [2.24, 2.45) is 7.05 Å². The number of sulfonamides is 1. The van der Waals surface area contributed by atoms with Crippen LogP contribution in [0.4, 0.5) is 5.13 Å². The van der Waals surface area contributed by atoms with Gasteiger partial charge in [-0.05, 0) is 18.6 Å². The quantitative estimate of drug-likeness (QED) is 0.417. The fourth-order valence-electron chi connectivity index (χ4n) is 3.40. The summed E-state index contributed by atoms with van der Waals surface area (Å²) >= 11 is 1.18. The molecule has 0 saturated carbocycles. The summed E-state index contributed by atoms with van der Waals surface area (Å²) in [5, 5.41) is 1.96. The average molecular weight is 475 g/mol. The molecule has 4 rings (SSSR count). The van der Waals surface area contributed by atoms with Gasteiger partial charge in [0.1, 0.15) is 5.82 Å². The van der Waals surface area contributed by atoms with Crippen molar-refractivity contribution < 1.29 is 8.42 Å². The molecule has 0 spiro atoms. The van der Waals surface area contributed by atoms with Crippen LogP contribution in [0.25, 0.3) is 11.2 Å². The van der Waals surface area contributed by atoms with Crippen molar-refractivity contribution >= 4 is 37.7 Å². The van der Waals surface area contributed by atoms with E-state index >= 15 is 0 Å². The Balaban J connectivity index is 1.86. The topological polar surface area (TPSA) is 123 Å². The predicted octanol–water partition coefficient (Wildman–Crippen LogP) is 2.08. The summed E-state index contributed by atoms with van der Waals surface area (Å²) in [5.41, 5.74) is -0.646. The molecular weight excluding hydrogens is 452 g/mol. The van der Waals surface area contributed by atoms with Gasteiger partial charge in [-0.3, -0.25) is 14.3 Å². The molecule has 0 radical (unpaired) electrons. The summed E-state index contributed by atoms with van der Waals surface area (Å²) in [5.74, 6) is 0.316. The Kier molecular flexibility index (Phi) is 5.98. The Labute approximate surface area is 187 Å². The molecular formula is C20H22N6O4S2. The molecule has 0 aliphatic carbocycles. The Morgan fingerprint density at radius 3 is 2.59 bits per heavy atom. The molecule has 3 aromatic heterocycles. The molecule has 0 fully saturated rings. The normalized spacial score (nSPS) is 11.8.